The third-order valence-corrected chi connectivity index (χ3v) is 6.20. The monoisotopic (exact) mass is 374 g/mol. The molecule has 0 aliphatic heterocycles. The third kappa shape index (κ3) is 4.31. The normalized spacial score (nSPS) is 12.8. The van der Waals surface area contributed by atoms with E-state index in [1.807, 2.05) is 32.9 Å². The van der Waals surface area contributed by atoms with Crippen molar-refractivity contribution in [2.45, 2.75) is 38.1 Å². The van der Waals surface area contributed by atoms with E-state index in [0.717, 1.165) is 21.9 Å². The Morgan fingerprint density at radius 2 is 1.81 bits per heavy atom. The van der Waals surface area contributed by atoms with Gasteiger partial charge in [-0.3, -0.25) is 4.79 Å². The molecule has 0 heterocycles. The Labute approximate surface area is 156 Å². The maximum Gasteiger partial charge on any atom is 0.251 e. The highest BCUT2D eigenvalue weighted by atomic mass is 32.2. The van der Waals surface area contributed by atoms with Crippen molar-refractivity contribution in [2.75, 3.05) is 14.1 Å². The molecule has 1 N–H and O–H groups in total. The lowest BCUT2D eigenvalue weighted by Crippen LogP contribution is -2.29. The minimum atomic E-state index is -3.58. The molecule has 0 spiro atoms. The van der Waals surface area contributed by atoms with Crippen LogP contribution in [-0.2, 0) is 10.0 Å². The maximum absolute atomic E-state index is 12.7. The first-order chi connectivity index (χ1) is 12.2. The summed E-state index contributed by atoms with van der Waals surface area (Å²) in [7, 11) is -0.642. The van der Waals surface area contributed by atoms with Gasteiger partial charge in [0.2, 0.25) is 10.0 Å². The Hall–Kier alpha value is -2.18. The van der Waals surface area contributed by atoms with Crippen molar-refractivity contribution in [1.29, 1.82) is 0 Å². The molecular formula is C20H26N2O3S. The number of aryl methyl sites for hydroxylation is 2. The van der Waals surface area contributed by atoms with Crippen LogP contribution in [0.2, 0.25) is 0 Å². The highest BCUT2D eigenvalue weighted by molar-refractivity contribution is 7.89. The topological polar surface area (TPSA) is 66.5 Å². The van der Waals surface area contributed by atoms with Crippen molar-refractivity contribution in [3.63, 3.8) is 0 Å². The minimum Gasteiger partial charge on any atom is -0.345 e. The summed E-state index contributed by atoms with van der Waals surface area (Å²) in [5, 5.41) is 3.02. The van der Waals surface area contributed by atoms with Crippen LogP contribution in [0.25, 0.3) is 0 Å². The number of carbonyl (C=O) groups is 1. The molecule has 2 aromatic carbocycles. The van der Waals surface area contributed by atoms with Crippen molar-refractivity contribution in [3.05, 3.63) is 64.7 Å². The van der Waals surface area contributed by atoms with E-state index in [4.69, 9.17) is 0 Å². The second-order valence-corrected chi connectivity index (χ2v) is 8.76. The fourth-order valence-corrected chi connectivity index (χ4v) is 3.81. The van der Waals surface area contributed by atoms with Crippen molar-refractivity contribution in [1.82, 2.24) is 9.62 Å². The van der Waals surface area contributed by atoms with Gasteiger partial charge in [0.05, 0.1) is 10.9 Å². The summed E-state index contributed by atoms with van der Waals surface area (Å²) in [6.45, 7) is 6.07. The molecule has 5 nitrogen and oxygen atoms in total. The van der Waals surface area contributed by atoms with Gasteiger partial charge in [0.15, 0.2) is 0 Å². The van der Waals surface area contributed by atoms with Crippen LogP contribution in [0.1, 0.15) is 46.4 Å². The molecule has 6 heteroatoms. The summed E-state index contributed by atoms with van der Waals surface area (Å²) in [6.07, 6.45) is 0.741. The van der Waals surface area contributed by atoms with Gasteiger partial charge in [0, 0.05) is 19.7 Å². The van der Waals surface area contributed by atoms with E-state index in [1.54, 1.807) is 12.1 Å². The van der Waals surface area contributed by atoms with E-state index >= 15 is 0 Å². The van der Waals surface area contributed by atoms with Gasteiger partial charge in [-0.15, -0.1) is 0 Å². The molecule has 0 radical (unpaired) electrons. The summed E-state index contributed by atoms with van der Waals surface area (Å²) >= 11 is 0. The molecule has 0 fully saturated rings. The number of rotatable bonds is 6. The average molecular weight is 375 g/mol. The lowest BCUT2D eigenvalue weighted by molar-refractivity contribution is 0.0935. The number of hydrogen-bond acceptors (Lipinski definition) is 3. The van der Waals surface area contributed by atoms with Gasteiger partial charge in [0.1, 0.15) is 0 Å². The van der Waals surface area contributed by atoms with Crippen LogP contribution in [-0.4, -0.2) is 32.7 Å². The fraction of sp³-hybridized carbons (Fsp3) is 0.350. The summed E-state index contributed by atoms with van der Waals surface area (Å²) in [6, 6.07) is 12.1. The standard InChI is InChI=1S/C20H26N2O3S/c1-6-19(18-11-10-14(2)12-15(18)3)21-20(23)16-8-7-9-17(13-16)26(24,25)22(4)5/h7-13,19H,6H2,1-5H3,(H,21,23)/t19-/m1/s1. The Morgan fingerprint density at radius 3 is 2.38 bits per heavy atom. The molecule has 1 amide bonds. The Kier molecular flexibility index (Phi) is 6.21. The summed E-state index contributed by atoms with van der Waals surface area (Å²) in [5.41, 5.74) is 3.70. The van der Waals surface area contributed by atoms with Gasteiger partial charge in [-0.05, 0) is 49.6 Å². The van der Waals surface area contributed by atoms with Crippen molar-refractivity contribution in [3.8, 4) is 0 Å². The molecule has 0 aliphatic rings. The predicted octanol–water partition coefficient (Wildman–Crippen LogP) is 3.43. The van der Waals surface area contributed by atoms with E-state index in [9.17, 15) is 13.2 Å². The lowest BCUT2D eigenvalue weighted by Gasteiger charge is -2.20. The first-order valence-corrected chi connectivity index (χ1v) is 10.0. The zero-order valence-corrected chi connectivity index (χ0v) is 16.7. The molecule has 0 aromatic heterocycles. The van der Waals surface area contributed by atoms with E-state index in [0.29, 0.717) is 5.56 Å². The van der Waals surface area contributed by atoms with Crippen LogP contribution in [0.15, 0.2) is 47.4 Å². The summed E-state index contributed by atoms with van der Waals surface area (Å²) in [5.74, 6) is -0.285. The molecule has 0 aliphatic carbocycles. The molecule has 0 saturated carbocycles. The first kappa shape index (κ1) is 20.1. The number of nitrogens with zero attached hydrogens (tertiary/aromatic N) is 1. The van der Waals surface area contributed by atoms with Gasteiger partial charge in [-0.1, -0.05) is 36.8 Å². The fourth-order valence-electron chi connectivity index (χ4n) is 2.87. The second kappa shape index (κ2) is 8.01. The molecule has 1 atom stereocenters. The first-order valence-electron chi connectivity index (χ1n) is 8.57. The molecule has 26 heavy (non-hydrogen) atoms. The number of sulfonamides is 1. The lowest BCUT2D eigenvalue weighted by atomic mass is 9.97. The quantitative estimate of drug-likeness (QED) is 0.842. The number of amides is 1. The highest BCUT2D eigenvalue weighted by Gasteiger charge is 2.20. The zero-order chi connectivity index (χ0) is 19.5. The van der Waals surface area contributed by atoms with Crippen LogP contribution in [0.4, 0.5) is 0 Å². The van der Waals surface area contributed by atoms with Crippen LogP contribution in [0, 0.1) is 13.8 Å². The number of hydrogen-bond donors (Lipinski definition) is 1. The Morgan fingerprint density at radius 1 is 1.12 bits per heavy atom. The minimum absolute atomic E-state index is 0.106. The Bertz CT molecular complexity index is 905. The zero-order valence-electron chi connectivity index (χ0n) is 15.9. The van der Waals surface area contributed by atoms with Crippen molar-refractivity contribution in [2.24, 2.45) is 0 Å². The smallest absolute Gasteiger partial charge is 0.251 e. The average Bonchev–Trinajstić information content (AvgIpc) is 2.60. The Balaban J connectivity index is 2.29. The van der Waals surface area contributed by atoms with Crippen molar-refractivity contribution < 1.29 is 13.2 Å². The molecule has 140 valence electrons. The molecule has 2 aromatic rings. The number of nitrogens with one attached hydrogen (secondary N) is 1. The van der Waals surface area contributed by atoms with Gasteiger partial charge in [-0.2, -0.15) is 0 Å². The molecule has 0 saturated heterocycles. The third-order valence-electron chi connectivity index (χ3n) is 4.39. The highest BCUT2D eigenvalue weighted by Crippen LogP contribution is 2.23. The largest absolute Gasteiger partial charge is 0.345 e. The van der Waals surface area contributed by atoms with Gasteiger partial charge in [-0.25, -0.2) is 12.7 Å². The predicted molar refractivity (Wildman–Crippen MR) is 104 cm³/mol. The van der Waals surface area contributed by atoms with Crippen molar-refractivity contribution >= 4 is 15.9 Å². The molecule has 0 bridgehead atoms. The van der Waals surface area contributed by atoms with Crippen LogP contribution >= 0.6 is 0 Å². The van der Waals surface area contributed by atoms with E-state index in [2.05, 4.69) is 11.4 Å². The summed E-state index contributed by atoms with van der Waals surface area (Å²) < 4.78 is 25.7. The van der Waals surface area contributed by atoms with Crippen LogP contribution in [0.3, 0.4) is 0 Å². The second-order valence-electron chi connectivity index (χ2n) is 6.61. The SMILES string of the molecule is CC[C@@H](NC(=O)c1cccc(S(=O)(=O)N(C)C)c1)c1ccc(C)cc1C. The molecule has 0 unspecified atom stereocenters. The van der Waals surface area contributed by atoms with Gasteiger partial charge < -0.3 is 5.32 Å². The van der Waals surface area contributed by atoms with Crippen LogP contribution in [0.5, 0.6) is 0 Å². The van der Waals surface area contributed by atoms with Gasteiger partial charge >= 0.3 is 0 Å². The summed E-state index contributed by atoms with van der Waals surface area (Å²) in [4.78, 5) is 12.8. The van der Waals surface area contributed by atoms with Crippen LogP contribution < -0.4 is 5.32 Å². The van der Waals surface area contributed by atoms with E-state index in [1.165, 1.54) is 31.8 Å². The number of benzene rings is 2. The molecular weight excluding hydrogens is 348 g/mol. The van der Waals surface area contributed by atoms with Gasteiger partial charge in [0.25, 0.3) is 5.91 Å². The maximum atomic E-state index is 12.7. The van der Waals surface area contributed by atoms with E-state index < -0.39 is 10.0 Å². The number of carbonyl (C=O) groups excluding carboxylic acids is 1. The van der Waals surface area contributed by atoms with E-state index in [-0.39, 0.29) is 16.8 Å². The molecule has 2 rings (SSSR count).